The Labute approximate surface area is 141 Å². The second kappa shape index (κ2) is 7.81. The largest absolute Gasteiger partial charge is 0.378 e. The third-order valence-corrected chi connectivity index (χ3v) is 7.85. The van der Waals surface area contributed by atoms with Crippen molar-refractivity contribution in [2.75, 3.05) is 38.5 Å². The first-order valence-electron chi connectivity index (χ1n) is 9.40. The zero-order valence-electron chi connectivity index (χ0n) is 14.4. The van der Waals surface area contributed by atoms with Crippen LogP contribution < -0.4 is 5.32 Å². The van der Waals surface area contributed by atoms with Gasteiger partial charge in [0.05, 0.1) is 11.9 Å². The molecule has 2 saturated heterocycles. The van der Waals surface area contributed by atoms with Crippen LogP contribution in [0.3, 0.4) is 0 Å². The van der Waals surface area contributed by atoms with Crippen LogP contribution in [-0.2, 0) is 14.8 Å². The maximum atomic E-state index is 11.8. The van der Waals surface area contributed by atoms with Gasteiger partial charge in [-0.2, -0.15) is 0 Å². The maximum Gasteiger partial charge on any atom is 0.213 e. The van der Waals surface area contributed by atoms with Crippen molar-refractivity contribution < 1.29 is 13.2 Å². The van der Waals surface area contributed by atoms with Crippen molar-refractivity contribution in [3.05, 3.63) is 0 Å². The lowest BCUT2D eigenvalue weighted by atomic mass is 9.91. The molecule has 0 bridgehead atoms. The average molecular weight is 345 g/mol. The van der Waals surface area contributed by atoms with E-state index in [4.69, 9.17) is 4.74 Å². The van der Waals surface area contributed by atoms with Crippen LogP contribution in [-0.4, -0.2) is 57.4 Å². The molecular weight excluding hydrogens is 312 g/mol. The molecule has 0 amide bonds. The van der Waals surface area contributed by atoms with Crippen LogP contribution in [0.25, 0.3) is 0 Å². The molecule has 0 radical (unpaired) electrons. The molecule has 0 aromatic carbocycles. The van der Waals surface area contributed by atoms with E-state index in [1.807, 2.05) is 0 Å². The minimum atomic E-state index is -3.02. The summed E-state index contributed by atoms with van der Waals surface area (Å²) in [5, 5.41) is 3.45. The van der Waals surface area contributed by atoms with Crippen molar-refractivity contribution in [3.63, 3.8) is 0 Å². The van der Waals surface area contributed by atoms with Gasteiger partial charge in [0.25, 0.3) is 0 Å². The highest BCUT2D eigenvalue weighted by Crippen LogP contribution is 2.49. The standard InChI is InChI=1S/C17H32N2O3S/c1-2-23(20,21)19-10-5-16(6-11-19)22-12-7-15-13-17(15)14-3-8-18-9-4-14/h14-18H,2-13H2,1H3. The van der Waals surface area contributed by atoms with Crippen LogP contribution in [0.5, 0.6) is 0 Å². The molecule has 2 aliphatic heterocycles. The van der Waals surface area contributed by atoms with Gasteiger partial charge < -0.3 is 10.1 Å². The van der Waals surface area contributed by atoms with Gasteiger partial charge in [-0.1, -0.05) is 0 Å². The van der Waals surface area contributed by atoms with Crippen molar-refractivity contribution in [2.45, 2.75) is 51.6 Å². The molecule has 3 fully saturated rings. The molecule has 0 spiro atoms. The van der Waals surface area contributed by atoms with Gasteiger partial charge in [-0.25, -0.2) is 12.7 Å². The highest BCUT2D eigenvalue weighted by Gasteiger charge is 2.42. The Morgan fingerprint density at radius 1 is 1.13 bits per heavy atom. The zero-order valence-corrected chi connectivity index (χ0v) is 15.2. The van der Waals surface area contributed by atoms with Gasteiger partial charge in [-0.15, -0.1) is 0 Å². The van der Waals surface area contributed by atoms with Crippen LogP contribution in [0.2, 0.25) is 0 Å². The Balaban J connectivity index is 1.29. The molecule has 0 aromatic heterocycles. The van der Waals surface area contributed by atoms with E-state index in [1.54, 1.807) is 11.2 Å². The topological polar surface area (TPSA) is 58.6 Å². The van der Waals surface area contributed by atoms with E-state index in [2.05, 4.69) is 5.32 Å². The van der Waals surface area contributed by atoms with Crippen molar-refractivity contribution in [3.8, 4) is 0 Å². The number of sulfonamides is 1. The highest BCUT2D eigenvalue weighted by atomic mass is 32.2. The van der Waals surface area contributed by atoms with Crippen molar-refractivity contribution in [2.24, 2.45) is 17.8 Å². The molecule has 1 N–H and O–H groups in total. The molecule has 2 unspecified atom stereocenters. The average Bonchev–Trinajstić information content (AvgIpc) is 3.36. The fourth-order valence-electron chi connectivity index (χ4n) is 4.30. The molecule has 134 valence electrons. The Bertz CT molecular complexity index is 468. The number of hydrogen-bond donors (Lipinski definition) is 1. The summed E-state index contributed by atoms with van der Waals surface area (Å²) in [5.41, 5.74) is 0. The predicted molar refractivity (Wildman–Crippen MR) is 91.8 cm³/mol. The van der Waals surface area contributed by atoms with Gasteiger partial charge in [0.1, 0.15) is 0 Å². The fraction of sp³-hybridized carbons (Fsp3) is 1.00. The molecular formula is C17H32N2O3S. The normalized spacial score (nSPS) is 31.3. The number of rotatable bonds is 7. The lowest BCUT2D eigenvalue weighted by molar-refractivity contribution is 0.0174. The van der Waals surface area contributed by atoms with E-state index in [-0.39, 0.29) is 11.9 Å². The molecule has 2 atom stereocenters. The van der Waals surface area contributed by atoms with Gasteiger partial charge in [-0.05, 0) is 76.3 Å². The molecule has 1 aliphatic carbocycles. The number of hydrogen-bond acceptors (Lipinski definition) is 4. The van der Waals surface area contributed by atoms with E-state index in [1.165, 1.54) is 38.8 Å². The molecule has 3 rings (SSSR count). The smallest absolute Gasteiger partial charge is 0.213 e. The monoisotopic (exact) mass is 344 g/mol. The lowest BCUT2D eigenvalue weighted by Crippen LogP contribution is -2.41. The first-order chi connectivity index (χ1) is 11.1. The van der Waals surface area contributed by atoms with Crippen LogP contribution in [0, 0.1) is 17.8 Å². The Kier molecular flexibility index (Phi) is 5.99. The second-order valence-electron chi connectivity index (χ2n) is 7.41. The van der Waals surface area contributed by atoms with Crippen molar-refractivity contribution >= 4 is 10.0 Å². The van der Waals surface area contributed by atoms with E-state index < -0.39 is 10.0 Å². The first-order valence-corrected chi connectivity index (χ1v) is 11.0. The Morgan fingerprint density at radius 2 is 1.83 bits per heavy atom. The van der Waals surface area contributed by atoms with Crippen LogP contribution >= 0.6 is 0 Å². The first kappa shape index (κ1) is 17.6. The summed E-state index contributed by atoms with van der Waals surface area (Å²) in [7, 11) is -3.02. The van der Waals surface area contributed by atoms with Gasteiger partial charge in [0, 0.05) is 19.7 Å². The van der Waals surface area contributed by atoms with Crippen molar-refractivity contribution in [1.29, 1.82) is 0 Å². The SMILES string of the molecule is CCS(=O)(=O)N1CCC(OCCC2CC2C2CCNCC2)CC1. The summed E-state index contributed by atoms with van der Waals surface area (Å²) in [4.78, 5) is 0. The molecule has 1 saturated carbocycles. The molecule has 23 heavy (non-hydrogen) atoms. The molecule has 5 nitrogen and oxygen atoms in total. The third kappa shape index (κ3) is 4.68. The Hall–Kier alpha value is -0.170. The summed E-state index contributed by atoms with van der Waals surface area (Å²) >= 11 is 0. The molecule has 6 heteroatoms. The highest BCUT2D eigenvalue weighted by molar-refractivity contribution is 7.89. The zero-order chi connectivity index (χ0) is 16.3. The predicted octanol–water partition coefficient (Wildman–Crippen LogP) is 1.84. The number of nitrogens with zero attached hydrogens (tertiary/aromatic N) is 1. The van der Waals surface area contributed by atoms with Gasteiger partial charge in [-0.3, -0.25) is 0 Å². The summed E-state index contributed by atoms with van der Waals surface area (Å²) in [6.45, 7) is 6.22. The quantitative estimate of drug-likeness (QED) is 0.766. The number of ether oxygens (including phenoxy) is 1. The van der Waals surface area contributed by atoms with Crippen LogP contribution in [0.4, 0.5) is 0 Å². The summed E-state index contributed by atoms with van der Waals surface area (Å²) in [6.07, 6.45) is 7.26. The fourth-order valence-corrected chi connectivity index (χ4v) is 5.43. The van der Waals surface area contributed by atoms with Gasteiger partial charge >= 0.3 is 0 Å². The van der Waals surface area contributed by atoms with Gasteiger partial charge in [0.2, 0.25) is 10.0 Å². The van der Waals surface area contributed by atoms with Crippen LogP contribution in [0.1, 0.15) is 45.4 Å². The second-order valence-corrected chi connectivity index (χ2v) is 9.66. The number of piperidine rings is 2. The third-order valence-electron chi connectivity index (χ3n) is 5.97. The summed E-state index contributed by atoms with van der Waals surface area (Å²) < 4.78 is 31.3. The van der Waals surface area contributed by atoms with Gasteiger partial charge in [0.15, 0.2) is 0 Å². The molecule has 3 aliphatic rings. The van der Waals surface area contributed by atoms with Crippen molar-refractivity contribution in [1.82, 2.24) is 9.62 Å². The van der Waals surface area contributed by atoms with Crippen LogP contribution in [0.15, 0.2) is 0 Å². The number of nitrogens with one attached hydrogen (secondary N) is 1. The maximum absolute atomic E-state index is 11.8. The summed E-state index contributed by atoms with van der Waals surface area (Å²) in [5.74, 6) is 3.00. The summed E-state index contributed by atoms with van der Waals surface area (Å²) in [6, 6.07) is 0. The van der Waals surface area contributed by atoms with E-state index in [0.29, 0.717) is 13.1 Å². The minimum absolute atomic E-state index is 0.207. The minimum Gasteiger partial charge on any atom is -0.378 e. The van der Waals surface area contributed by atoms with E-state index in [9.17, 15) is 8.42 Å². The van der Waals surface area contributed by atoms with E-state index >= 15 is 0 Å². The van der Waals surface area contributed by atoms with E-state index in [0.717, 1.165) is 37.2 Å². The molecule has 2 heterocycles. The Morgan fingerprint density at radius 3 is 2.48 bits per heavy atom. The molecule has 0 aromatic rings. The lowest BCUT2D eigenvalue weighted by Gasteiger charge is -2.31.